The average molecular weight is 366 g/mol. The van der Waals surface area contributed by atoms with Crippen LogP contribution in [0.4, 0.5) is 0 Å². The van der Waals surface area contributed by atoms with Gasteiger partial charge in [0.2, 0.25) is 0 Å². The van der Waals surface area contributed by atoms with Gasteiger partial charge in [-0.2, -0.15) is 5.06 Å². The number of piperazine rings is 1. The zero-order chi connectivity index (χ0) is 19.5. The van der Waals surface area contributed by atoms with Crippen molar-refractivity contribution in [3.05, 3.63) is 29.8 Å². The van der Waals surface area contributed by atoms with E-state index in [1.54, 1.807) is 7.05 Å². The number of ether oxygens (including phenoxy) is 1. The topological polar surface area (TPSA) is 48.0 Å². The fraction of sp³-hybridized carbons (Fsp3) is 0.714. The van der Waals surface area contributed by atoms with E-state index in [2.05, 4.69) is 24.1 Å². The molecule has 1 heterocycles. The van der Waals surface area contributed by atoms with Crippen molar-refractivity contribution < 1.29 is 9.94 Å². The summed E-state index contributed by atoms with van der Waals surface area (Å²) < 4.78 is 5.95. The van der Waals surface area contributed by atoms with E-state index in [9.17, 15) is 5.21 Å². The van der Waals surface area contributed by atoms with Gasteiger partial charge in [-0.3, -0.25) is 0 Å². The summed E-state index contributed by atoms with van der Waals surface area (Å²) in [4.78, 5) is 2.53. The molecule has 0 aliphatic carbocycles. The zero-order valence-corrected chi connectivity index (χ0v) is 17.5. The van der Waals surface area contributed by atoms with Crippen LogP contribution in [0.1, 0.15) is 52.6 Å². The maximum atomic E-state index is 9.51. The molecule has 1 aromatic rings. The van der Waals surface area contributed by atoms with Crippen LogP contribution in [0.5, 0.6) is 5.75 Å². The van der Waals surface area contributed by atoms with Crippen LogP contribution in [0.3, 0.4) is 0 Å². The third-order valence-electron chi connectivity index (χ3n) is 4.74. The van der Waals surface area contributed by atoms with E-state index in [0.29, 0.717) is 12.6 Å². The fourth-order valence-corrected chi connectivity index (χ4v) is 2.90. The second-order valence-electron chi connectivity index (χ2n) is 7.26. The van der Waals surface area contributed by atoms with Crippen molar-refractivity contribution in [2.24, 2.45) is 5.92 Å². The van der Waals surface area contributed by atoms with E-state index in [1.165, 1.54) is 18.0 Å². The Morgan fingerprint density at radius 3 is 2.46 bits per heavy atom. The van der Waals surface area contributed by atoms with E-state index < -0.39 is 0 Å². The van der Waals surface area contributed by atoms with Gasteiger partial charge in [-0.1, -0.05) is 39.8 Å². The quantitative estimate of drug-likeness (QED) is 0.686. The highest BCUT2D eigenvalue weighted by atomic mass is 16.5. The predicted molar refractivity (Wildman–Crippen MR) is 109 cm³/mol. The van der Waals surface area contributed by atoms with Crippen LogP contribution >= 0.6 is 0 Å². The first kappa shape index (κ1) is 22.9. The molecule has 5 heteroatoms. The Labute approximate surface area is 160 Å². The predicted octanol–water partition coefficient (Wildman–Crippen LogP) is 3.79. The summed E-state index contributed by atoms with van der Waals surface area (Å²) in [7, 11) is 1.66. The molecule has 2 N–H and O–H groups in total. The maximum Gasteiger partial charge on any atom is 0.119 e. The van der Waals surface area contributed by atoms with E-state index in [-0.39, 0.29) is 6.04 Å². The monoisotopic (exact) mass is 365 g/mol. The van der Waals surface area contributed by atoms with Gasteiger partial charge in [-0.15, -0.1) is 0 Å². The molecule has 0 aromatic heterocycles. The molecule has 0 bridgehead atoms. The van der Waals surface area contributed by atoms with Crippen LogP contribution in [-0.2, 0) is 0 Å². The van der Waals surface area contributed by atoms with Gasteiger partial charge in [-0.05, 0) is 43.5 Å². The van der Waals surface area contributed by atoms with Crippen LogP contribution in [-0.4, -0.2) is 61.0 Å². The molecule has 1 aliphatic heterocycles. The first-order valence-electron chi connectivity index (χ1n) is 10.1. The largest absolute Gasteiger partial charge is 0.492 e. The van der Waals surface area contributed by atoms with Crippen molar-refractivity contribution in [2.45, 2.75) is 53.1 Å². The van der Waals surface area contributed by atoms with Gasteiger partial charge in [-0.25, -0.2) is 0 Å². The molecule has 0 amide bonds. The fourth-order valence-electron chi connectivity index (χ4n) is 2.90. The molecule has 1 saturated heterocycles. The number of nitrogens with zero attached hydrogens (tertiary/aromatic N) is 2. The molecule has 2 atom stereocenters. The summed E-state index contributed by atoms with van der Waals surface area (Å²) in [6.07, 6.45) is 1.26. The maximum absolute atomic E-state index is 9.51. The summed E-state index contributed by atoms with van der Waals surface area (Å²) in [5.74, 6) is 1.64. The van der Waals surface area contributed by atoms with Crippen molar-refractivity contribution in [1.29, 1.82) is 0 Å². The Morgan fingerprint density at radius 2 is 1.88 bits per heavy atom. The van der Waals surface area contributed by atoms with Gasteiger partial charge in [0.15, 0.2) is 0 Å². The number of hydrogen-bond donors (Lipinski definition) is 2. The van der Waals surface area contributed by atoms with Crippen LogP contribution < -0.4 is 10.1 Å². The van der Waals surface area contributed by atoms with Crippen LogP contribution in [0.2, 0.25) is 0 Å². The summed E-state index contributed by atoms with van der Waals surface area (Å²) in [5, 5.41) is 14.3. The van der Waals surface area contributed by atoms with E-state index in [4.69, 9.17) is 4.74 Å². The van der Waals surface area contributed by atoms with Crippen LogP contribution in [0.25, 0.3) is 0 Å². The van der Waals surface area contributed by atoms with Gasteiger partial charge in [0.1, 0.15) is 12.4 Å². The molecule has 1 aromatic carbocycles. The van der Waals surface area contributed by atoms with Crippen molar-refractivity contribution in [2.75, 3.05) is 39.8 Å². The van der Waals surface area contributed by atoms with Gasteiger partial charge in [0, 0.05) is 26.7 Å². The van der Waals surface area contributed by atoms with E-state index in [0.717, 1.165) is 36.9 Å². The van der Waals surface area contributed by atoms with Gasteiger partial charge in [0.25, 0.3) is 0 Å². The minimum atomic E-state index is -0.0198. The van der Waals surface area contributed by atoms with Crippen LogP contribution in [0, 0.1) is 5.92 Å². The molecule has 1 fully saturated rings. The lowest BCUT2D eigenvalue weighted by Crippen LogP contribution is -2.53. The lowest BCUT2D eigenvalue weighted by molar-refractivity contribution is -0.0984. The zero-order valence-electron chi connectivity index (χ0n) is 17.5. The number of benzene rings is 1. The molecular formula is C21H39N3O2. The first-order valence-corrected chi connectivity index (χ1v) is 10.1. The molecule has 2 rings (SSSR count). The van der Waals surface area contributed by atoms with E-state index >= 15 is 0 Å². The number of hydroxylamine groups is 2. The molecule has 2 unspecified atom stereocenters. The Bertz CT molecular complexity index is 477. The molecule has 1 aliphatic rings. The molecule has 26 heavy (non-hydrogen) atoms. The Hall–Kier alpha value is -1.14. The number of hydrogen-bond acceptors (Lipinski definition) is 5. The van der Waals surface area contributed by atoms with Crippen molar-refractivity contribution in [1.82, 2.24) is 15.3 Å². The summed E-state index contributed by atoms with van der Waals surface area (Å²) in [6.45, 7) is 15.6. The van der Waals surface area contributed by atoms with Crippen molar-refractivity contribution in [3.63, 3.8) is 0 Å². The standard InChI is InChI=1S/C19H33N3O2.C2H6/c1-15(2)9-11-22-12-10-20-18(13-22)14-24-19-7-5-17(6-8-19)16(3)21(4)23;1-2/h5-8,15-16,18,20,23H,9-14H2,1-4H3;1-2H3. The van der Waals surface area contributed by atoms with Crippen molar-refractivity contribution in [3.8, 4) is 5.75 Å². The Kier molecular flexibility index (Phi) is 10.8. The second kappa shape index (κ2) is 12.3. The molecule has 5 nitrogen and oxygen atoms in total. The van der Waals surface area contributed by atoms with Crippen molar-refractivity contribution >= 4 is 0 Å². The minimum absolute atomic E-state index is 0.0198. The first-order chi connectivity index (χ1) is 12.5. The molecule has 0 radical (unpaired) electrons. The second-order valence-corrected chi connectivity index (χ2v) is 7.26. The molecule has 0 saturated carbocycles. The lowest BCUT2D eigenvalue weighted by atomic mass is 10.1. The number of nitrogens with one attached hydrogen (secondary N) is 1. The normalized spacial score (nSPS) is 19.2. The highest BCUT2D eigenvalue weighted by Gasteiger charge is 2.19. The number of rotatable bonds is 8. The highest BCUT2D eigenvalue weighted by molar-refractivity contribution is 5.28. The van der Waals surface area contributed by atoms with Gasteiger partial charge < -0.3 is 20.2 Å². The third kappa shape index (κ3) is 8.04. The Balaban J connectivity index is 0.00000163. The summed E-state index contributed by atoms with van der Waals surface area (Å²) in [5.41, 5.74) is 1.07. The molecule has 0 spiro atoms. The smallest absolute Gasteiger partial charge is 0.119 e. The molecule has 150 valence electrons. The van der Waals surface area contributed by atoms with Gasteiger partial charge >= 0.3 is 0 Å². The highest BCUT2D eigenvalue weighted by Crippen LogP contribution is 2.20. The van der Waals surface area contributed by atoms with Gasteiger partial charge in [0.05, 0.1) is 12.1 Å². The summed E-state index contributed by atoms with van der Waals surface area (Å²) in [6, 6.07) is 8.34. The minimum Gasteiger partial charge on any atom is -0.492 e. The lowest BCUT2D eigenvalue weighted by Gasteiger charge is -2.33. The summed E-state index contributed by atoms with van der Waals surface area (Å²) >= 11 is 0. The molecular weight excluding hydrogens is 326 g/mol. The van der Waals surface area contributed by atoms with E-state index in [1.807, 2.05) is 45.0 Å². The Morgan fingerprint density at radius 1 is 1.23 bits per heavy atom. The third-order valence-corrected chi connectivity index (χ3v) is 4.74. The van der Waals surface area contributed by atoms with Crippen LogP contribution in [0.15, 0.2) is 24.3 Å². The average Bonchev–Trinajstić information content (AvgIpc) is 2.66. The SMILES string of the molecule is CC.CC(C)CCN1CCNC(COc2ccc(C(C)N(C)O)cc2)C1.